The molecule has 0 bridgehead atoms. The summed E-state index contributed by atoms with van der Waals surface area (Å²) in [5.41, 5.74) is 1.47. The van der Waals surface area contributed by atoms with Crippen molar-refractivity contribution in [1.29, 1.82) is 0 Å². The molecule has 3 heteroatoms. The van der Waals surface area contributed by atoms with Gasteiger partial charge < -0.3 is 5.32 Å². The van der Waals surface area contributed by atoms with Crippen LogP contribution in [0.15, 0.2) is 24.3 Å². The third kappa shape index (κ3) is 1.77. The summed E-state index contributed by atoms with van der Waals surface area (Å²) >= 11 is 0. The van der Waals surface area contributed by atoms with Crippen LogP contribution in [0.5, 0.6) is 0 Å². The molecule has 0 fully saturated rings. The highest BCUT2D eigenvalue weighted by molar-refractivity contribution is 5.82. The third-order valence-electron chi connectivity index (χ3n) is 2.33. The number of aromatic nitrogens is 1. The average molecular weight is 204 g/mol. The van der Waals surface area contributed by atoms with E-state index in [9.17, 15) is 4.39 Å². The molecule has 1 aromatic heterocycles. The van der Waals surface area contributed by atoms with Gasteiger partial charge in [-0.15, -0.1) is 0 Å². The zero-order valence-electron chi connectivity index (χ0n) is 8.84. The van der Waals surface area contributed by atoms with Crippen LogP contribution in [-0.2, 0) is 0 Å². The van der Waals surface area contributed by atoms with E-state index in [0.29, 0.717) is 5.52 Å². The van der Waals surface area contributed by atoms with E-state index in [2.05, 4.69) is 10.3 Å². The molecule has 2 nitrogen and oxygen atoms in total. The average Bonchev–Trinajstić information content (AvgIpc) is 2.21. The van der Waals surface area contributed by atoms with Gasteiger partial charge in [0.25, 0.3) is 0 Å². The standard InChI is InChI=1S/C12H13FN2/c1-3-14-12-8(2)7-9-5-4-6-10(13)11(9)15-12/h4-7H,3H2,1-2H3,(H,14,15). The first-order chi connectivity index (χ1) is 7.22. The van der Waals surface area contributed by atoms with Crippen molar-refractivity contribution in [3.8, 4) is 0 Å². The predicted octanol–water partition coefficient (Wildman–Crippen LogP) is 3.11. The fraction of sp³-hybridized carbons (Fsp3) is 0.250. The minimum Gasteiger partial charge on any atom is -0.370 e. The Hall–Kier alpha value is -1.64. The van der Waals surface area contributed by atoms with Crippen LogP contribution < -0.4 is 5.32 Å². The highest BCUT2D eigenvalue weighted by atomic mass is 19.1. The van der Waals surface area contributed by atoms with Crippen LogP contribution in [0.2, 0.25) is 0 Å². The van der Waals surface area contributed by atoms with Crippen molar-refractivity contribution in [1.82, 2.24) is 4.98 Å². The van der Waals surface area contributed by atoms with Crippen LogP contribution in [0.3, 0.4) is 0 Å². The maximum atomic E-state index is 13.4. The van der Waals surface area contributed by atoms with E-state index >= 15 is 0 Å². The molecule has 0 aliphatic carbocycles. The third-order valence-corrected chi connectivity index (χ3v) is 2.33. The topological polar surface area (TPSA) is 24.9 Å². The number of pyridine rings is 1. The van der Waals surface area contributed by atoms with Gasteiger partial charge in [-0.3, -0.25) is 0 Å². The summed E-state index contributed by atoms with van der Waals surface area (Å²) in [6, 6.07) is 6.95. The van der Waals surface area contributed by atoms with Crippen molar-refractivity contribution in [2.75, 3.05) is 11.9 Å². The first-order valence-corrected chi connectivity index (χ1v) is 5.02. The highest BCUT2D eigenvalue weighted by Crippen LogP contribution is 2.21. The van der Waals surface area contributed by atoms with Crippen molar-refractivity contribution < 1.29 is 4.39 Å². The number of nitrogens with one attached hydrogen (secondary N) is 1. The van der Waals surface area contributed by atoms with Crippen LogP contribution in [0.4, 0.5) is 10.2 Å². The quantitative estimate of drug-likeness (QED) is 0.813. The molecule has 1 N–H and O–H groups in total. The Labute approximate surface area is 88.1 Å². The van der Waals surface area contributed by atoms with E-state index in [1.54, 1.807) is 6.07 Å². The Kier molecular flexibility index (Phi) is 2.54. The maximum absolute atomic E-state index is 13.4. The number of hydrogen-bond acceptors (Lipinski definition) is 2. The zero-order chi connectivity index (χ0) is 10.8. The maximum Gasteiger partial charge on any atom is 0.149 e. The summed E-state index contributed by atoms with van der Waals surface area (Å²) in [5, 5.41) is 3.96. The van der Waals surface area contributed by atoms with Gasteiger partial charge in [0.1, 0.15) is 17.2 Å². The molecule has 0 radical (unpaired) electrons. The molecular formula is C12H13FN2. The van der Waals surface area contributed by atoms with Gasteiger partial charge in [0, 0.05) is 11.9 Å². The number of rotatable bonds is 2. The normalized spacial score (nSPS) is 10.6. The molecule has 0 atom stereocenters. The molecule has 0 amide bonds. The lowest BCUT2D eigenvalue weighted by atomic mass is 10.1. The van der Waals surface area contributed by atoms with Gasteiger partial charge in [-0.25, -0.2) is 9.37 Å². The molecule has 78 valence electrons. The fourth-order valence-corrected chi connectivity index (χ4v) is 1.61. The number of para-hydroxylation sites is 1. The summed E-state index contributed by atoms with van der Waals surface area (Å²) in [6.07, 6.45) is 0. The molecule has 1 aromatic carbocycles. The zero-order valence-corrected chi connectivity index (χ0v) is 8.84. The molecule has 0 spiro atoms. The first kappa shape index (κ1) is 9.90. The summed E-state index contributed by atoms with van der Waals surface area (Å²) in [5.74, 6) is 0.488. The number of anilines is 1. The van der Waals surface area contributed by atoms with Gasteiger partial charge >= 0.3 is 0 Å². The Morgan fingerprint density at radius 3 is 2.93 bits per heavy atom. The number of benzene rings is 1. The van der Waals surface area contributed by atoms with Gasteiger partial charge in [0.15, 0.2) is 0 Å². The van der Waals surface area contributed by atoms with Crippen molar-refractivity contribution in [3.05, 3.63) is 35.6 Å². The lowest BCUT2D eigenvalue weighted by molar-refractivity contribution is 0.637. The molecule has 0 saturated carbocycles. The second-order valence-electron chi connectivity index (χ2n) is 3.50. The summed E-state index contributed by atoms with van der Waals surface area (Å²) in [7, 11) is 0. The fourth-order valence-electron chi connectivity index (χ4n) is 1.61. The highest BCUT2D eigenvalue weighted by Gasteiger charge is 2.05. The van der Waals surface area contributed by atoms with Crippen LogP contribution >= 0.6 is 0 Å². The van der Waals surface area contributed by atoms with E-state index < -0.39 is 0 Å². The smallest absolute Gasteiger partial charge is 0.149 e. The molecule has 0 saturated heterocycles. The van der Waals surface area contributed by atoms with Crippen molar-refractivity contribution >= 4 is 16.7 Å². The van der Waals surface area contributed by atoms with Crippen molar-refractivity contribution in [2.45, 2.75) is 13.8 Å². The largest absolute Gasteiger partial charge is 0.370 e. The molecule has 2 rings (SSSR count). The Bertz CT molecular complexity index is 494. The second kappa shape index (κ2) is 3.85. The van der Waals surface area contributed by atoms with E-state index in [4.69, 9.17) is 0 Å². The summed E-state index contributed by atoms with van der Waals surface area (Å²) in [4.78, 5) is 4.28. The number of fused-ring (bicyclic) bond motifs is 1. The van der Waals surface area contributed by atoms with Crippen LogP contribution in [0, 0.1) is 12.7 Å². The van der Waals surface area contributed by atoms with Crippen LogP contribution in [0.1, 0.15) is 12.5 Å². The summed E-state index contributed by atoms with van der Waals surface area (Å²) < 4.78 is 13.4. The molecular weight excluding hydrogens is 191 g/mol. The minimum atomic E-state index is -0.272. The SMILES string of the molecule is CCNc1nc2c(F)cccc2cc1C. The van der Waals surface area contributed by atoms with Gasteiger partial charge in [-0.2, -0.15) is 0 Å². The Morgan fingerprint density at radius 2 is 2.20 bits per heavy atom. The van der Waals surface area contributed by atoms with E-state index in [0.717, 1.165) is 23.3 Å². The van der Waals surface area contributed by atoms with Gasteiger partial charge in [-0.1, -0.05) is 12.1 Å². The molecule has 15 heavy (non-hydrogen) atoms. The molecule has 1 heterocycles. The molecule has 2 aromatic rings. The lowest BCUT2D eigenvalue weighted by Gasteiger charge is -2.08. The number of halogens is 1. The number of nitrogens with zero attached hydrogens (tertiary/aromatic N) is 1. The minimum absolute atomic E-state index is 0.272. The summed E-state index contributed by atoms with van der Waals surface area (Å²) in [6.45, 7) is 4.75. The molecule has 0 aliphatic rings. The monoisotopic (exact) mass is 204 g/mol. The number of aryl methyl sites for hydroxylation is 1. The van der Waals surface area contributed by atoms with Gasteiger partial charge in [0.05, 0.1) is 0 Å². The van der Waals surface area contributed by atoms with E-state index in [1.165, 1.54) is 6.07 Å². The van der Waals surface area contributed by atoms with Crippen LogP contribution in [0.25, 0.3) is 10.9 Å². The van der Waals surface area contributed by atoms with Gasteiger partial charge in [0.2, 0.25) is 0 Å². The van der Waals surface area contributed by atoms with Crippen LogP contribution in [-0.4, -0.2) is 11.5 Å². The Balaban J connectivity index is 2.66. The molecule has 0 aliphatic heterocycles. The van der Waals surface area contributed by atoms with Gasteiger partial charge in [-0.05, 0) is 31.5 Å². The second-order valence-corrected chi connectivity index (χ2v) is 3.50. The number of hydrogen-bond donors (Lipinski definition) is 1. The predicted molar refractivity (Wildman–Crippen MR) is 60.6 cm³/mol. The Morgan fingerprint density at radius 1 is 1.40 bits per heavy atom. The first-order valence-electron chi connectivity index (χ1n) is 5.02. The van der Waals surface area contributed by atoms with E-state index in [-0.39, 0.29) is 5.82 Å². The molecule has 0 unspecified atom stereocenters. The lowest BCUT2D eigenvalue weighted by Crippen LogP contribution is -2.02. The van der Waals surface area contributed by atoms with Crippen molar-refractivity contribution in [3.63, 3.8) is 0 Å². The van der Waals surface area contributed by atoms with E-state index in [1.807, 2.05) is 26.0 Å². The van der Waals surface area contributed by atoms with Crippen molar-refractivity contribution in [2.24, 2.45) is 0 Å².